The number of benzene rings is 3. The van der Waals surface area contributed by atoms with Crippen LogP contribution in [0.1, 0.15) is 62.1 Å². The Balaban J connectivity index is 1.35. The largest absolute Gasteiger partial charge is 0.489 e. The summed E-state index contributed by atoms with van der Waals surface area (Å²) in [4.78, 5) is 27.5. The second kappa shape index (κ2) is 11.9. The number of aliphatic carboxylic acids is 1. The van der Waals surface area contributed by atoms with Gasteiger partial charge in [0.05, 0.1) is 16.4 Å². The normalized spacial score (nSPS) is 26.2. The first-order valence-corrected chi connectivity index (χ1v) is 17.3. The zero-order valence-electron chi connectivity index (χ0n) is 24.8. The molecule has 0 radical (unpaired) electrons. The van der Waals surface area contributed by atoms with Crippen LogP contribution in [0, 0.1) is 17.2 Å². The van der Waals surface area contributed by atoms with Crippen LogP contribution in [0.25, 0.3) is 0 Å². The molecule has 11 heteroatoms. The summed E-state index contributed by atoms with van der Waals surface area (Å²) in [6.07, 6.45) is 2.78. The molecule has 3 aromatic rings. The molecule has 0 bridgehead atoms. The Kier molecular flexibility index (Phi) is 8.42. The minimum atomic E-state index is -4.11. The molecule has 1 saturated carbocycles. The van der Waals surface area contributed by atoms with E-state index in [4.69, 9.17) is 27.9 Å². The first-order valence-electron chi connectivity index (χ1n) is 15.1. The number of rotatable bonds is 7. The summed E-state index contributed by atoms with van der Waals surface area (Å²) in [7, 11) is -4.11. The molecular weight excluding hydrogens is 640 g/mol. The fourth-order valence-corrected chi connectivity index (χ4v) is 10.3. The maximum atomic E-state index is 14.7. The molecule has 3 aliphatic rings. The number of ether oxygens (including phenoxy) is 1. The molecule has 3 aromatic carbocycles. The number of hydrogen-bond donors (Lipinski definition) is 1. The third kappa shape index (κ3) is 5.40. The van der Waals surface area contributed by atoms with E-state index < -0.39 is 37.8 Å². The van der Waals surface area contributed by atoms with Crippen molar-refractivity contribution in [1.29, 1.82) is 0 Å². The molecule has 1 heterocycles. The van der Waals surface area contributed by atoms with Crippen molar-refractivity contribution >= 4 is 44.9 Å². The van der Waals surface area contributed by atoms with Gasteiger partial charge in [0.2, 0.25) is 5.91 Å². The predicted molar refractivity (Wildman–Crippen MR) is 169 cm³/mol. The number of fused-ring (bicyclic) bond motifs is 3. The van der Waals surface area contributed by atoms with Crippen molar-refractivity contribution in [3.05, 3.63) is 93.2 Å². The Morgan fingerprint density at radius 1 is 1.00 bits per heavy atom. The number of carbonyl (C=O) groups excluding carboxylic acids is 1. The summed E-state index contributed by atoms with van der Waals surface area (Å²) in [5.41, 5.74) is 1.20. The van der Waals surface area contributed by atoms with Crippen LogP contribution in [0.15, 0.2) is 65.6 Å². The highest BCUT2D eigenvalue weighted by atomic mass is 35.5. The summed E-state index contributed by atoms with van der Waals surface area (Å²) in [5, 5.41) is 10.6. The molecule has 1 saturated heterocycles. The van der Waals surface area contributed by atoms with E-state index in [0.717, 1.165) is 17.7 Å². The smallest absolute Gasteiger partial charge is 0.309 e. The highest BCUT2D eigenvalue weighted by molar-refractivity contribution is 7.92. The first-order chi connectivity index (χ1) is 21.4. The van der Waals surface area contributed by atoms with Crippen LogP contribution in [0.3, 0.4) is 0 Å². The summed E-state index contributed by atoms with van der Waals surface area (Å²) in [6.45, 7) is 2.09. The maximum absolute atomic E-state index is 14.7. The molecule has 2 atom stereocenters. The zero-order chi connectivity index (χ0) is 32.1. The van der Waals surface area contributed by atoms with Crippen LogP contribution >= 0.6 is 23.2 Å². The van der Waals surface area contributed by atoms with Gasteiger partial charge in [-0.3, -0.25) is 9.59 Å². The molecule has 238 valence electrons. The molecule has 6 rings (SSSR count). The molecule has 0 unspecified atom stereocenters. The molecular formula is C34H34Cl2FNO6S. The Hall–Kier alpha value is -3.14. The number of halogens is 3. The second-order valence-electron chi connectivity index (χ2n) is 12.6. The molecule has 2 fully saturated rings. The summed E-state index contributed by atoms with van der Waals surface area (Å²) in [6, 6.07) is 14.8. The number of carbonyl (C=O) groups is 2. The van der Waals surface area contributed by atoms with Gasteiger partial charge >= 0.3 is 5.97 Å². The van der Waals surface area contributed by atoms with Crippen LogP contribution < -0.4 is 4.74 Å². The average molecular weight is 675 g/mol. The number of carboxylic acids is 1. The lowest BCUT2D eigenvalue weighted by Crippen LogP contribution is -2.53. The number of amides is 1. The quantitative estimate of drug-likeness (QED) is 0.266. The van der Waals surface area contributed by atoms with Crippen LogP contribution in [0.2, 0.25) is 10.0 Å². The van der Waals surface area contributed by atoms with E-state index in [2.05, 4.69) is 0 Å². The van der Waals surface area contributed by atoms with Gasteiger partial charge in [-0.1, -0.05) is 35.3 Å². The van der Waals surface area contributed by atoms with Crippen molar-refractivity contribution in [2.45, 2.75) is 74.2 Å². The predicted octanol–water partition coefficient (Wildman–Crippen LogP) is 7.21. The van der Waals surface area contributed by atoms with Gasteiger partial charge in [-0.2, -0.15) is 0 Å². The monoisotopic (exact) mass is 673 g/mol. The zero-order valence-corrected chi connectivity index (χ0v) is 27.1. The van der Waals surface area contributed by atoms with Crippen molar-refractivity contribution in [1.82, 2.24) is 4.90 Å². The molecule has 7 nitrogen and oxygen atoms in total. The van der Waals surface area contributed by atoms with Crippen molar-refractivity contribution < 1.29 is 32.2 Å². The van der Waals surface area contributed by atoms with Crippen molar-refractivity contribution in [3.63, 3.8) is 0 Å². The third-order valence-electron chi connectivity index (χ3n) is 10.1. The molecule has 2 aliphatic carbocycles. The van der Waals surface area contributed by atoms with Crippen LogP contribution in [0.4, 0.5) is 4.39 Å². The summed E-state index contributed by atoms with van der Waals surface area (Å²) < 4.78 is 47.8. The van der Waals surface area contributed by atoms with Gasteiger partial charge in [-0.25, -0.2) is 12.8 Å². The van der Waals surface area contributed by atoms with Crippen LogP contribution in [-0.2, 0) is 37.2 Å². The standard InChI is InChI=1S/C34H34Cl2FNO6S/c1-33(32(40)41)15-13-21(14-16-33)31(39)38-18-17-34(45(42,43)25-9-6-23(37)7-10-25)27-11-8-24(19-22(27)5-12-30(34)38)44-20-26-28(35)3-2-4-29(26)36/h2-4,6-11,19,21,30H,5,12-18,20H2,1H3,(H,40,41)/t21?,30-,33?,34-/m1/s1. The van der Waals surface area contributed by atoms with Gasteiger partial charge in [0, 0.05) is 28.1 Å². The fourth-order valence-electron chi connectivity index (χ4n) is 7.46. The molecule has 0 aromatic heterocycles. The van der Waals surface area contributed by atoms with E-state index in [9.17, 15) is 27.5 Å². The minimum absolute atomic E-state index is 0.000344. The highest BCUT2D eigenvalue weighted by Crippen LogP contribution is 2.54. The fraction of sp³-hybridized carbons (Fsp3) is 0.412. The average Bonchev–Trinajstić information content (AvgIpc) is 3.43. The minimum Gasteiger partial charge on any atom is -0.489 e. The Morgan fingerprint density at radius 2 is 1.67 bits per heavy atom. The molecule has 1 N–H and O–H groups in total. The van der Waals surface area contributed by atoms with Crippen molar-refractivity contribution in [2.75, 3.05) is 6.54 Å². The van der Waals surface area contributed by atoms with Crippen LogP contribution in [0.5, 0.6) is 5.75 Å². The van der Waals surface area contributed by atoms with Gasteiger partial charge in [0.1, 0.15) is 22.9 Å². The number of carboxylic acid groups (broad SMARTS) is 1. The van der Waals surface area contributed by atoms with E-state index in [0.29, 0.717) is 65.4 Å². The van der Waals surface area contributed by atoms with Gasteiger partial charge in [0.15, 0.2) is 9.84 Å². The molecule has 1 aliphatic heterocycles. The second-order valence-corrected chi connectivity index (χ2v) is 15.7. The number of sulfone groups is 1. The lowest BCUT2D eigenvalue weighted by Gasteiger charge is -2.43. The first kappa shape index (κ1) is 31.8. The Labute approximate surface area is 272 Å². The van der Waals surface area contributed by atoms with E-state index in [-0.39, 0.29) is 36.3 Å². The summed E-state index contributed by atoms with van der Waals surface area (Å²) in [5.74, 6) is -1.35. The van der Waals surface area contributed by atoms with E-state index >= 15 is 0 Å². The number of likely N-dealkylation sites (tertiary alicyclic amines) is 1. The van der Waals surface area contributed by atoms with Crippen molar-refractivity contribution in [3.8, 4) is 5.75 Å². The van der Waals surface area contributed by atoms with E-state index in [1.54, 1.807) is 42.2 Å². The number of nitrogens with zero attached hydrogens (tertiary/aromatic N) is 1. The van der Waals surface area contributed by atoms with Crippen molar-refractivity contribution in [2.24, 2.45) is 11.3 Å². The highest BCUT2D eigenvalue weighted by Gasteiger charge is 2.61. The number of hydrogen-bond acceptors (Lipinski definition) is 5. The van der Waals surface area contributed by atoms with Gasteiger partial charge in [-0.15, -0.1) is 0 Å². The van der Waals surface area contributed by atoms with Gasteiger partial charge in [-0.05, 0) is 112 Å². The van der Waals surface area contributed by atoms with Gasteiger partial charge in [0.25, 0.3) is 0 Å². The Morgan fingerprint density at radius 3 is 2.31 bits per heavy atom. The lowest BCUT2D eigenvalue weighted by atomic mass is 9.71. The number of aryl methyl sites for hydroxylation is 1. The Bertz CT molecular complexity index is 1740. The maximum Gasteiger partial charge on any atom is 0.309 e. The SMILES string of the molecule is CC1(C(=O)O)CCC(C(=O)N2CC[C@@]3(S(=O)(=O)c4ccc(F)cc4)c4ccc(OCc5c(Cl)cccc5Cl)cc4CC[C@@H]23)CC1. The van der Waals surface area contributed by atoms with Crippen LogP contribution in [-0.4, -0.2) is 42.9 Å². The lowest BCUT2D eigenvalue weighted by molar-refractivity contribution is -0.152. The molecule has 0 spiro atoms. The topological polar surface area (TPSA) is 101 Å². The summed E-state index contributed by atoms with van der Waals surface area (Å²) >= 11 is 12.6. The van der Waals surface area contributed by atoms with Gasteiger partial charge < -0.3 is 14.7 Å². The molecule has 1 amide bonds. The van der Waals surface area contributed by atoms with E-state index in [1.807, 2.05) is 6.07 Å². The van der Waals surface area contributed by atoms with E-state index in [1.165, 1.54) is 12.1 Å². The molecule has 45 heavy (non-hydrogen) atoms. The third-order valence-corrected chi connectivity index (χ3v) is 13.4.